The molecule has 0 aliphatic heterocycles. The van der Waals surface area contributed by atoms with Crippen LogP contribution in [0.2, 0.25) is 0 Å². The highest BCUT2D eigenvalue weighted by atomic mass is 16.3. The Hall–Kier alpha value is -1.50. The zero-order chi connectivity index (χ0) is 9.52. The second-order valence-corrected chi connectivity index (χ2v) is 2.87. The lowest BCUT2D eigenvalue weighted by atomic mass is 10.1. The normalized spacial score (nSPS) is 19.4. The minimum atomic E-state index is 0.328. The first kappa shape index (κ1) is 9.59. The SMILES string of the molecule is C=CC/C=C\C=C1\C=C(O)C=CC1. The van der Waals surface area contributed by atoms with Crippen molar-refractivity contribution in [3.8, 4) is 0 Å². The van der Waals surface area contributed by atoms with Crippen molar-refractivity contribution in [2.75, 3.05) is 0 Å². The van der Waals surface area contributed by atoms with Gasteiger partial charge in [0.15, 0.2) is 0 Å². The fourth-order valence-corrected chi connectivity index (χ4v) is 1.10. The van der Waals surface area contributed by atoms with Crippen molar-refractivity contribution in [1.82, 2.24) is 0 Å². The Morgan fingerprint density at radius 2 is 2.38 bits per heavy atom. The van der Waals surface area contributed by atoms with Crippen molar-refractivity contribution in [3.63, 3.8) is 0 Å². The lowest BCUT2D eigenvalue weighted by Crippen LogP contribution is -1.85. The van der Waals surface area contributed by atoms with Gasteiger partial charge in [0.2, 0.25) is 0 Å². The minimum absolute atomic E-state index is 0.328. The Morgan fingerprint density at radius 1 is 1.54 bits per heavy atom. The predicted octanol–water partition coefficient (Wildman–Crippen LogP) is 3.45. The number of allylic oxidation sites excluding steroid dienone is 8. The molecular weight excluding hydrogens is 160 g/mol. The predicted molar refractivity (Wildman–Crippen MR) is 56.5 cm³/mol. The van der Waals surface area contributed by atoms with Crippen molar-refractivity contribution in [1.29, 1.82) is 0 Å². The molecular formula is C12H14O. The third-order valence-corrected chi connectivity index (χ3v) is 1.72. The molecule has 0 unspecified atom stereocenters. The van der Waals surface area contributed by atoms with E-state index in [-0.39, 0.29) is 0 Å². The van der Waals surface area contributed by atoms with Gasteiger partial charge in [-0.15, -0.1) is 6.58 Å². The minimum Gasteiger partial charge on any atom is -0.508 e. The molecule has 1 rings (SSSR count). The van der Waals surface area contributed by atoms with E-state index >= 15 is 0 Å². The summed E-state index contributed by atoms with van der Waals surface area (Å²) in [6.07, 6.45) is 15.1. The van der Waals surface area contributed by atoms with Crippen LogP contribution in [0.3, 0.4) is 0 Å². The van der Waals surface area contributed by atoms with E-state index in [1.807, 2.05) is 30.4 Å². The molecule has 68 valence electrons. The van der Waals surface area contributed by atoms with Crippen molar-refractivity contribution in [2.45, 2.75) is 12.8 Å². The average molecular weight is 174 g/mol. The monoisotopic (exact) mass is 174 g/mol. The second-order valence-electron chi connectivity index (χ2n) is 2.87. The van der Waals surface area contributed by atoms with Crippen molar-refractivity contribution >= 4 is 0 Å². The zero-order valence-electron chi connectivity index (χ0n) is 7.61. The van der Waals surface area contributed by atoms with E-state index in [4.69, 9.17) is 0 Å². The van der Waals surface area contributed by atoms with Crippen LogP contribution in [0.5, 0.6) is 0 Å². The molecule has 13 heavy (non-hydrogen) atoms. The number of hydrogen-bond acceptors (Lipinski definition) is 1. The van der Waals surface area contributed by atoms with Crippen molar-refractivity contribution in [3.05, 3.63) is 60.4 Å². The van der Waals surface area contributed by atoms with Gasteiger partial charge in [-0.3, -0.25) is 0 Å². The quantitative estimate of drug-likeness (QED) is 0.650. The molecule has 0 atom stereocenters. The molecule has 0 radical (unpaired) electrons. The van der Waals surface area contributed by atoms with Crippen LogP contribution in [0.25, 0.3) is 0 Å². The summed E-state index contributed by atoms with van der Waals surface area (Å²) < 4.78 is 0. The number of aliphatic hydroxyl groups excluding tert-OH is 1. The summed E-state index contributed by atoms with van der Waals surface area (Å²) in [5.74, 6) is 0.328. The maximum Gasteiger partial charge on any atom is 0.115 e. The third-order valence-electron chi connectivity index (χ3n) is 1.72. The topological polar surface area (TPSA) is 20.2 Å². The molecule has 0 fully saturated rings. The Labute approximate surface area is 79.1 Å². The van der Waals surface area contributed by atoms with E-state index in [1.54, 1.807) is 12.2 Å². The molecule has 0 amide bonds. The number of hydrogen-bond donors (Lipinski definition) is 1. The molecule has 0 heterocycles. The van der Waals surface area contributed by atoms with Crippen molar-refractivity contribution in [2.24, 2.45) is 0 Å². The van der Waals surface area contributed by atoms with Gasteiger partial charge in [0.1, 0.15) is 5.76 Å². The maximum atomic E-state index is 9.18. The Bertz CT molecular complexity index is 290. The highest BCUT2D eigenvalue weighted by Gasteiger charge is 1.97. The van der Waals surface area contributed by atoms with Crippen LogP contribution in [0.15, 0.2) is 60.4 Å². The van der Waals surface area contributed by atoms with E-state index in [0.29, 0.717) is 5.76 Å². The first-order valence-electron chi connectivity index (χ1n) is 4.36. The average Bonchev–Trinajstić information content (AvgIpc) is 2.13. The summed E-state index contributed by atoms with van der Waals surface area (Å²) in [5.41, 5.74) is 1.13. The molecule has 0 saturated heterocycles. The van der Waals surface area contributed by atoms with Crippen LogP contribution < -0.4 is 0 Å². The van der Waals surface area contributed by atoms with Gasteiger partial charge in [0.25, 0.3) is 0 Å². The highest BCUT2D eigenvalue weighted by molar-refractivity contribution is 5.34. The standard InChI is InChI=1S/C12H14O/c1-2-3-4-5-7-11-8-6-9-12(13)10-11/h2,4-7,9-10,13H,1,3,8H2/b5-4-,11-7+. The lowest BCUT2D eigenvalue weighted by molar-refractivity contribution is 0.430. The molecule has 0 saturated carbocycles. The second kappa shape index (κ2) is 5.20. The first-order chi connectivity index (χ1) is 6.33. The summed E-state index contributed by atoms with van der Waals surface area (Å²) in [6, 6.07) is 0. The van der Waals surface area contributed by atoms with Gasteiger partial charge < -0.3 is 5.11 Å². The Morgan fingerprint density at radius 3 is 3.08 bits per heavy atom. The smallest absolute Gasteiger partial charge is 0.115 e. The molecule has 1 aliphatic rings. The fourth-order valence-electron chi connectivity index (χ4n) is 1.10. The maximum absolute atomic E-state index is 9.18. The molecule has 1 heteroatoms. The van der Waals surface area contributed by atoms with Gasteiger partial charge in [0.05, 0.1) is 0 Å². The van der Waals surface area contributed by atoms with Gasteiger partial charge in [-0.25, -0.2) is 0 Å². The molecule has 1 N–H and O–H groups in total. The summed E-state index contributed by atoms with van der Waals surface area (Å²) in [7, 11) is 0. The van der Waals surface area contributed by atoms with E-state index in [2.05, 4.69) is 6.58 Å². The molecule has 0 aromatic heterocycles. The summed E-state index contributed by atoms with van der Waals surface area (Å²) >= 11 is 0. The van der Waals surface area contributed by atoms with Gasteiger partial charge in [-0.1, -0.05) is 30.4 Å². The lowest BCUT2D eigenvalue weighted by Gasteiger charge is -2.02. The highest BCUT2D eigenvalue weighted by Crippen LogP contribution is 2.13. The van der Waals surface area contributed by atoms with Crippen LogP contribution in [0.4, 0.5) is 0 Å². The molecule has 0 spiro atoms. The van der Waals surface area contributed by atoms with E-state index < -0.39 is 0 Å². The number of rotatable bonds is 3. The van der Waals surface area contributed by atoms with E-state index in [1.165, 1.54) is 0 Å². The molecule has 1 nitrogen and oxygen atoms in total. The van der Waals surface area contributed by atoms with E-state index in [9.17, 15) is 5.11 Å². The summed E-state index contributed by atoms with van der Waals surface area (Å²) in [6.45, 7) is 3.62. The van der Waals surface area contributed by atoms with Crippen LogP contribution in [0, 0.1) is 0 Å². The van der Waals surface area contributed by atoms with Crippen LogP contribution in [-0.4, -0.2) is 5.11 Å². The summed E-state index contributed by atoms with van der Waals surface area (Å²) in [4.78, 5) is 0. The first-order valence-corrected chi connectivity index (χ1v) is 4.36. The summed E-state index contributed by atoms with van der Waals surface area (Å²) in [5, 5.41) is 9.18. The van der Waals surface area contributed by atoms with Gasteiger partial charge in [0, 0.05) is 0 Å². The van der Waals surface area contributed by atoms with Gasteiger partial charge in [-0.2, -0.15) is 0 Å². The van der Waals surface area contributed by atoms with Gasteiger partial charge in [-0.05, 0) is 30.6 Å². The number of aliphatic hydroxyl groups is 1. The van der Waals surface area contributed by atoms with Crippen molar-refractivity contribution < 1.29 is 5.11 Å². The van der Waals surface area contributed by atoms with Crippen LogP contribution >= 0.6 is 0 Å². The Kier molecular flexibility index (Phi) is 3.83. The molecule has 0 aromatic rings. The van der Waals surface area contributed by atoms with Crippen LogP contribution in [-0.2, 0) is 0 Å². The van der Waals surface area contributed by atoms with E-state index in [0.717, 1.165) is 18.4 Å². The largest absolute Gasteiger partial charge is 0.508 e. The Balaban J connectivity index is 2.53. The van der Waals surface area contributed by atoms with Gasteiger partial charge >= 0.3 is 0 Å². The fraction of sp³-hybridized carbons (Fsp3) is 0.167. The third kappa shape index (κ3) is 3.61. The molecule has 0 aromatic carbocycles. The molecule has 1 aliphatic carbocycles. The molecule has 0 bridgehead atoms. The van der Waals surface area contributed by atoms with Crippen LogP contribution in [0.1, 0.15) is 12.8 Å². The zero-order valence-corrected chi connectivity index (χ0v) is 7.61.